The fourth-order valence-corrected chi connectivity index (χ4v) is 2.80. The zero-order chi connectivity index (χ0) is 14.6. The van der Waals surface area contributed by atoms with Gasteiger partial charge in [0.2, 0.25) is 10.0 Å². The first-order valence-electron chi connectivity index (χ1n) is 6.23. The molecule has 0 amide bonds. The van der Waals surface area contributed by atoms with E-state index in [1.165, 1.54) is 0 Å². The lowest BCUT2D eigenvalue weighted by atomic mass is 10.1. The lowest BCUT2D eigenvalue weighted by molar-refractivity contribution is 0.581. The van der Waals surface area contributed by atoms with Crippen LogP contribution >= 0.6 is 0 Å². The monoisotopic (exact) mass is 291 g/mol. The van der Waals surface area contributed by atoms with Crippen LogP contribution in [0.1, 0.15) is 24.1 Å². The third-order valence-corrected chi connectivity index (χ3v) is 4.28. The highest BCUT2D eigenvalue weighted by molar-refractivity contribution is 7.89. The fourth-order valence-electron chi connectivity index (χ4n) is 1.73. The summed E-state index contributed by atoms with van der Waals surface area (Å²) in [6.07, 6.45) is 3.27. The molecule has 106 valence electrons. The van der Waals surface area contributed by atoms with Crippen molar-refractivity contribution in [3.63, 3.8) is 0 Å². The Morgan fingerprint density at radius 2 is 2.10 bits per heavy atom. The molecule has 0 radical (unpaired) electrons. The average molecular weight is 291 g/mol. The molecular weight excluding hydrogens is 274 g/mol. The highest BCUT2D eigenvalue weighted by Crippen LogP contribution is 2.16. The van der Waals surface area contributed by atoms with Gasteiger partial charge in [-0.3, -0.25) is 4.98 Å². The summed E-state index contributed by atoms with van der Waals surface area (Å²) in [5.41, 5.74) is 7.36. The van der Waals surface area contributed by atoms with E-state index in [9.17, 15) is 8.42 Å². The molecule has 2 rings (SSSR count). The summed E-state index contributed by atoms with van der Waals surface area (Å²) >= 11 is 0. The second kappa shape index (κ2) is 6.13. The predicted octanol–water partition coefficient (Wildman–Crippen LogP) is 1.58. The molecule has 3 N–H and O–H groups in total. The van der Waals surface area contributed by atoms with Gasteiger partial charge in [0.25, 0.3) is 0 Å². The van der Waals surface area contributed by atoms with Gasteiger partial charge in [0, 0.05) is 25.0 Å². The normalized spacial score (nSPS) is 13.1. The number of nitrogens with two attached hydrogens (primary N) is 1. The molecule has 1 unspecified atom stereocenters. The van der Waals surface area contributed by atoms with Gasteiger partial charge in [-0.2, -0.15) is 0 Å². The molecule has 0 saturated carbocycles. The van der Waals surface area contributed by atoms with Crippen molar-refractivity contribution >= 4 is 10.0 Å². The van der Waals surface area contributed by atoms with E-state index in [-0.39, 0.29) is 17.5 Å². The predicted molar refractivity (Wildman–Crippen MR) is 77.3 cm³/mol. The molecule has 6 heteroatoms. The van der Waals surface area contributed by atoms with Gasteiger partial charge in [0.15, 0.2) is 0 Å². The summed E-state index contributed by atoms with van der Waals surface area (Å²) in [4.78, 5) is 4.16. The van der Waals surface area contributed by atoms with Crippen LogP contribution in [0, 0.1) is 0 Å². The Kier molecular flexibility index (Phi) is 4.49. The molecule has 1 atom stereocenters. The second-order valence-electron chi connectivity index (χ2n) is 4.55. The number of rotatable bonds is 5. The number of pyridine rings is 1. The van der Waals surface area contributed by atoms with E-state index in [2.05, 4.69) is 9.71 Å². The molecule has 5 nitrogen and oxygen atoms in total. The summed E-state index contributed by atoms with van der Waals surface area (Å²) in [5, 5.41) is 0. The molecule has 1 aromatic heterocycles. The highest BCUT2D eigenvalue weighted by Gasteiger charge is 2.14. The van der Waals surface area contributed by atoms with Crippen LogP contribution in [0.15, 0.2) is 53.7 Å². The van der Waals surface area contributed by atoms with Crippen LogP contribution in [-0.2, 0) is 16.6 Å². The van der Waals surface area contributed by atoms with Crippen LogP contribution in [0.4, 0.5) is 0 Å². The van der Waals surface area contributed by atoms with E-state index >= 15 is 0 Å². The molecule has 0 saturated heterocycles. The lowest BCUT2D eigenvalue weighted by Crippen LogP contribution is -2.23. The Balaban J connectivity index is 2.16. The second-order valence-corrected chi connectivity index (χ2v) is 6.31. The summed E-state index contributed by atoms with van der Waals surface area (Å²) in [5.74, 6) is 0. The number of hydrogen-bond donors (Lipinski definition) is 2. The van der Waals surface area contributed by atoms with Crippen molar-refractivity contribution in [3.8, 4) is 0 Å². The average Bonchev–Trinajstić information content (AvgIpc) is 2.46. The summed E-state index contributed by atoms with van der Waals surface area (Å²) < 4.78 is 27.0. The number of hydrogen-bond acceptors (Lipinski definition) is 4. The van der Waals surface area contributed by atoms with Crippen molar-refractivity contribution in [1.82, 2.24) is 9.71 Å². The first-order valence-corrected chi connectivity index (χ1v) is 7.71. The van der Waals surface area contributed by atoms with Crippen LogP contribution < -0.4 is 10.5 Å². The Bertz CT molecular complexity index is 670. The molecule has 1 aromatic carbocycles. The third-order valence-electron chi connectivity index (χ3n) is 2.88. The lowest BCUT2D eigenvalue weighted by Gasteiger charge is -2.10. The summed E-state index contributed by atoms with van der Waals surface area (Å²) in [6, 6.07) is 10.0. The van der Waals surface area contributed by atoms with Gasteiger partial charge >= 0.3 is 0 Å². The molecular formula is C14H17N3O2S. The maximum atomic E-state index is 12.2. The highest BCUT2D eigenvalue weighted by atomic mass is 32.2. The smallest absolute Gasteiger partial charge is 0.240 e. The zero-order valence-corrected chi connectivity index (χ0v) is 12.0. The Labute approximate surface area is 118 Å². The first-order chi connectivity index (χ1) is 9.49. The minimum Gasteiger partial charge on any atom is -0.324 e. The molecule has 0 aliphatic rings. The van der Waals surface area contributed by atoms with Crippen molar-refractivity contribution in [2.24, 2.45) is 5.73 Å². The van der Waals surface area contributed by atoms with Gasteiger partial charge in [0.1, 0.15) is 0 Å². The van der Waals surface area contributed by atoms with Crippen LogP contribution in [0.2, 0.25) is 0 Å². The summed E-state index contributed by atoms with van der Waals surface area (Å²) in [6.45, 7) is 2.02. The van der Waals surface area contributed by atoms with Gasteiger partial charge in [-0.15, -0.1) is 0 Å². The topological polar surface area (TPSA) is 85.1 Å². The number of nitrogens with zero attached hydrogens (tertiary/aromatic N) is 1. The molecule has 0 aliphatic heterocycles. The molecule has 0 fully saturated rings. The Morgan fingerprint density at radius 3 is 2.75 bits per heavy atom. The van der Waals surface area contributed by atoms with E-state index in [1.54, 1.807) is 36.7 Å². The third kappa shape index (κ3) is 3.63. The first kappa shape index (κ1) is 14.6. The number of aromatic nitrogens is 1. The van der Waals surface area contributed by atoms with E-state index in [0.717, 1.165) is 11.1 Å². The zero-order valence-electron chi connectivity index (χ0n) is 11.2. The molecule has 0 aliphatic carbocycles. The minimum absolute atomic E-state index is 0.205. The standard InChI is InChI=1S/C14H17N3O2S/c1-11(15)13-5-2-6-14(8-13)20(18,19)17-10-12-4-3-7-16-9-12/h2-9,11,17H,10,15H2,1H3. The van der Waals surface area contributed by atoms with Crippen molar-refractivity contribution in [2.45, 2.75) is 24.4 Å². The van der Waals surface area contributed by atoms with E-state index in [4.69, 9.17) is 5.73 Å². The molecule has 0 spiro atoms. The maximum Gasteiger partial charge on any atom is 0.240 e. The number of benzene rings is 1. The van der Waals surface area contributed by atoms with Crippen LogP contribution in [0.5, 0.6) is 0 Å². The van der Waals surface area contributed by atoms with E-state index < -0.39 is 10.0 Å². The van der Waals surface area contributed by atoms with Gasteiger partial charge in [-0.1, -0.05) is 18.2 Å². The van der Waals surface area contributed by atoms with Crippen molar-refractivity contribution in [3.05, 3.63) is 59.9 Å². The Morgan fingerprint density at radius 1 is 1.30 bits per heavy atom. The van der Waals surface area contributed by atoms with Crippen molar-refractivity contribution in [1.29, 1.82) is 0 Å². The van der Waals surface area contributed by atoms with E-state index in [0.29, 0.717) is 0 Å². The molecule has 1 heterocycles. The van der Waals surface area contributed by atoms with Crippen LogP contribution in [0.3, 0.4) is 0 Å². The van der Waals surface area contributed by atoms with Gasteiger partial charge < -0.3 is 5.73 Å². The number of nitrogens with one attached hydrogen (secondary N) is 1. The van der Waals surface area contributed by atoms with Crippen molar-refractivity contribution in [2.75, 3.05) is 0 Å². The molecule has 0 bridgehead atoms. The quantitative estimate of drug-likeness (QED) is 0.876. The summed E-state index contributed by atoms with van der Waals surface area (Å²) in [7, 11) is -3.55. The van der Waals surface area contributed by atoms with Gasteiger partial charge in [-0.25, -0.2) is 13.1 Å². The Hall–Kier alpha value is -1.76. The molecule has 2 aromatic rings. The van der Waals surface area contributed by atoms with Gasteiger partial charge in [-0.05, 0) is 36.2 Å². The van der Waals surface area contributed by atoms with Gasteiger partial charge in [0.05, 0.1) is 4.90 Å². The molecule has 20 heavy (non-hydrogen) atoms. The van der Waals surface area contributed by atoms with E-state index in [1.807, 2.05) is 19.1 Å². The SMILES string of the molecule is CC(N)c1cccc(S(=O)(=O)NCc2cccnc2)c1. The fraction of sp³-hybridized carbons (Fsp3) is 0.214. The maximum absolute atomic E-state index is 12.2. The van der Waals surface area contributed by atoms with Crippen LogP contribution in [-0.4, -0.2) is 13.4 Å². The largest absolute Gasteiger partial charge is 0.324 e. The minimum atomic E-state index is -3.55. The van der Waals surface area contributed by atoms with Crippen molar-refractivity contribution < 1.29 is 8.42 Å². The van der Waals surface area contributed by atoms with Crippen LogP contribution in [0.25, 0.3) is 0 Å². The number of sulfonamides is 1.